The van der Waals surface area contributed by atoms with Crippen LogP contribution in [0.1, 0.15) is 25.0 Å². The van der Waals surface area contributed by atoms with Gasteiger partial charge in [0, 0.05) is 22.4 Å². The minimum absolute atomic E-state index is 0.0471. The van der Waals surface area contributed by atoms with Gasteiger partial charge in [-0.05, 0) is 114 Å². The molecular weight excluding hydrogens is 675 g/mol. The van der Waals surface area contributed by atoms with Crippen molar-refractivity contribution in [1.29, 1.82) is 0 Å². The second-order valence-electron chi connectivity index (χ2n) is 15.4. The maximum absolute atomic E-state index is 2.42. The Kier molecular flexibility index (Phi) is 8.23. The van der Waals surface area contributed by atoms with Crippen LogP contribution in [-0.4, -0.2) is 0 Å². The Hall–Kier alpha value is -6.96. The molecule has 1 nitrogen and oxygen atoms in total. The van der Waals surface area contributed by atoms with Crippen molar-refractivity contribution in [2.75, 3.05) is 4.90 Å². The van der Waals surface area contributed by atoms with E-state index in [0.29, 0.717) is 0 Å². The third kappa shape index (κ3) is 5.81. The van der Waals surface area contributed by atoms with Gasteiger partial charge >= 0.3 is 0 Å². The third-order valence-electron chi connectivity index (χ3n) is 11.7. The number of hydrogen-bond acceptors (Lipinski definition) is 1. The van der Waals surface area contributed by atoms with Crippen molar-refractivity contribution in [2.45, 2.75) is 19.3 Å². The molecule has 0 aliphatic heterocycles. The zero-order chi connectivity index (χ0) is 37.6. The quantitative estimate of drug-likeness (QED) is 0.159. The van der Waals surface area contributed by atoms with Crippen LogP contribution in [-0.2, 0) is 5.41 Å². The molecule has 1 aliphatic carbocycles. The van der Waals surface area contributed by atoms with Crippen LogP contribution < -0.4 is 4.90 Å². The number of fused-ring (bicyclic) bond motifs is 4. The molecule has 0 bridgehead atoms. The summed E-state index contributed by atoms with van der Waals surface area (Å²) in [5.41, 5.74) is 18.4. The predicted octanol–water partition coefficient (Wildman–Crippen LogP) is 15.3. The highest BCUT2D eigenvalue weighted by Gasteiger charge is 2.35. The van der Waals surface area contributed by atoms with Crippen LogP contribution in [0, 0.1) is 0 Å². The topological polar surface area (TPSA) is 3.24 Å². The molecule has 0 radical (unpaired) electrons. The van der Waals surface area contributed by atoms with Gasteiger partial charge in [0.2, 0.25) is 0 Å². The normalized spacial score (nSPS) is 12.6. The molecule has 0 atom stereocenters. The lowest BCUT2D eigenvalue weighted by atomic mass is 9.81. The molecule has 0 aromatic heterocycles. The number of anilines is 3. The van der Waals surface area contributed by atoms with E-state index in [-0.39, 0.29) is 5.41 Å². The molecule has 10 rings (SSSR count). The summed E-state index contributed by atoms with van der Waals surface area (Å²) in [6.45, 7) is 4.70. The Morgan fingerprint density at radius 2 is 0.875 bits per heavy atom. The smallest absolute Gasteiger partial charge is 0.0540 e. The molecule has 0 spiro atoms. The standard InChI is InChI=1S/C55H41N/c1-55(2)52-25-12-10-23-49(52)50-34-31-44(37-53(50)55)39-29-32-45(33-30-39)56(46-20-14-19-42(36-46)43-28-27-38-15-6-7-18-41(38)35-43)54-26-13-11-24-51(54)48-22-9-8-21-47(48)40-16-4-3-5-17-40/h3-37H,1-2H3. The van der Waals surface area contributed by atoms with Gasteiger partial charge in [-0.15, -0.1) is 0 Å². The van der Waals surface area contributed by atoms with Crippen molar-refractivity contribution in [3.63, 3.8) is 0 Å². The SMILES string of the molecule is CC1(C)c2ccccc2-c2ccc(-c3ccc(N(c4cccc(-c5ccc6ccccc6c5)c4)c4ccccc4-c4ccccc4-c4ccccc4)cc3)cc21. The van der Waals surface area contributed by atoms with Crippen LogP contribution in [0.25, 0.3) is 66.4 Å². The van der Waals surface area contributed by atoms with Crippen molar-refractivity contribution in [1.82, 2.24) is 0 Å². The fraction of sp³-hybridized carbons (Fsp3) is 0.0545. The second kappa shape index (κ2) is 13.7. The van der Waals surface area contributed by atoms with Crippen LogP contribution >= 0.6 is 0 Å². The number of benzene rings is 9. The van der Waals surface area contributed by atoms with Crippen molar-refractivity contribution in [3.8, 4) is 55.6 Å². The van der Waals surface area contributed by atoms with E-state index < -0.39 is 0 Å². The van der Waals surface area contributed by atoms with Crippen LogP contribution in [0.15, 0.2) is 212 Å². The molecule has 9 aromatic carbocycles. The number of rotatable bonds is 7. The Balaban J connectivity index is 1.11. The summed E-state index contributed by atoms with van der Waals surface area (Å²) in [6.07, 6.45) is 0. The monoisotopic (exact) mass is 715 g/mol. The first-order valence-electron chi connectivity index (χ1n) is 19.5. The van der Waals surface area contributed by atoms with Crippen LogP contribution in [0.2, 0.25) is 0 Å². The summed E-state index contributed by atoms with van der Waals surface area (Å²) in [4.78, 5) is 2.42. The molecule has 0 fully saturated rings. The van der Waals surface area contributed by atoms with Gasteiger partial charge in [0.1, 0.15) is 0 Å². The molecule has 1 heteroatoms. The molecule has 0 saturated carbocycles. The van der Waals surface area contributed by atoms with Gasteiger partial charge < -0.3 is 4.90 Å². The minimum Gasteiger partial charge on any atom is -0.310 e. The summed E-state index contributed by atoms with van der Waals surface area (Å²) in [5.74, 6) is 0. The van der Waals surface area contributed by atoms with Gasteiger partial charge in [0.15, 0.2) is 0 Å². The van der Waals surface area contributed by atoms with E-state index in [1.54, 1.807) is 0 Å². The fourth-order valence-corrected chi connectivity index (χ4v) is 8.79. The lowest BCUT2D eigenvalue weighted by Crippen LogP contribution is -2.14. The summed E-state index contributed by atoms with van der Waals surface area (Å²) < 4.78 is 0. The fourth-order valence-electron chi connectivity index (χ4n) is 8.79. The van der Waals surface area contributed by atoms with Gasteiger partial charge in [-0.2, -0.15) is 0 Å². The largest absolute Gasteiger partial charge is 0.310 e. The molecule has 0 N–H and O–H groups in total. The first-order valence-corrected chi connectivity index (χ1v) is 19.5. The summed E-state index contributed by atoms with van der Waals surface area (Å²) in [6, 6.07) is 77.6. The Labute approximate surface area is 329 Å². The average molecular weight is 716 g/mol. The third-order valence-corrected chi connectivity index (χ3v) is 11.7. The highest BCUT2D eigenvalue weighted by Crippen LogP contribution is 2.50. The Morgan fingerprint density at radius 1 is 0.304 bits per heavy atom. The first-order chi connectivity index (χ1) is 27.5. The highest BCUT2D eigenvalue weighted by molar-refractivity contribution is 5.95. The maximum atomic E-state index is 2.42. The predicted molar refractivity (Wildman–Crippen MR) is 238 cm³/mol. The van der Waals surface area contributed by atoms with E-state index in [1.165, 1.54) is 77.5 Å². The van der Waals surface area contributed by atoms with Crippen molar-refractivity contribution in [2.24, 2.45) is 0 Å². The van der Waals surface area contributed by atoms with E-state index >= 15 is 0 Å². The minimum atomic E-state index is -0.0471. The lowest BCUT2D eigenvalue weighted by Gasteiger charge is -2.29. The number of nitrogens with zero attached hydrogens (tertiary/aromatic N) is 1. The maximum Gasteiger partial charge on any atom is 0.0540 e. The summed E-state index contributed by atoms with van der Waals surface area (Å²) >= 11 is 0. The molecule has 0 unspecified atom stereocenters. The lowest BCUT2D eigenvalue weighted by molar-refractivity contribution is 0.660. The van der Waals surface area contributed by atoms with E-state index in [1.807, 2.05) is 0 Å². The summed E-state index contributed by atoms with van der Waals surface area (Å²) in [5, 5.41) is 2.49. The highest BCUT2D eigenvalue weighted by atomic mass is 15.1. The zero-order valence-corrected chi connectivity index (χ0v) is 31.7. The van der Waals surface area contributed by atoms with E-state index in [9.17, 15) is 0 Å². The van der Waals surface area contributed by atoms with Gasteiger partial charge in [-0.3, -0.25) is 0 Å². The second-order valence-corrected chi connectivity index (χ2v) is 15.4. The number of para-hydroxylation sites is 1. The summed E-state index contributed by atoms with van der Waals surface area (Å²) in [7, 11) is 0. The molecule has 1 aliphatic rings. The molecule has 0 amide bonds. The van der Waals surface area contributed by atoms with Gasteiger partial charge in [0.25, 0.3) is 0 Å². The molecule has 266 valence electrons. The molecular formula is C55H41N. The molecule has 9 aromatic rings. The molecule has 56 heavy (non-hydrogen) atoms. The van der Waals surface area contributed by atoms with E-state index in [2.05, 4.69) is 231 Å². The molecule has 0 saturated heterocycles. The van der Waals surface area contributed by atoms with E-state index in [4.69, 9.17) is 0 Å². The molecule has 0 heterocycles. The van der Waals surface area contributed by atoms with Crippen LogP contribution in [0.4, 0.5) is 17.1 Å². The average Bonchev–Trinajstić information content (AvgIpc) is 3.49. The Morgan fingerprint density at radius 3 is 1.70 bits per heavy atom. The number of hydrogen-bond donors (Lipinski definition) is 0. The van der Waals surface area contributed by atoms with Crippen molar-refractivity contribution >= 4 is 27.8 Å². The Bertz CT molecular complexity index is 2880. The van der Waals surface area contributed by atoms with Crippen molar-refractivity contribution in [3.05, 3.63) is 223 Å². The van der Waals surface area contributed by atoms with Crippen molar-refractivity contribution < 1.29 is 0 Å². The van der Waals surface area contributed by atoms with Gasteiger partial charge in [-0.1, -0.05) is 184 Å². The van der Waals surface area contributed by atoms with Gasteiger partial charge in [0.05, 0.1) is 5.69 Å². The van der Waals surface area contributed by atoms with Gasteiger partial charge in [-0.25, -0.2) is 0 Å². The van der Waals surface area contributed by atoms with Crippen LogP contribution in [0.3, 0.4) is 0 Å². The zero-order valence-electron chi connectivity index (χ0n) is 31.7. The first kappa shape index (κ1) is 33.6. The van der Waals surface area contributed by atoms with Crippen LogP contribution in [0.5, 0.6) is 0 Å². The van der Waals surface area contributed by atoms with E-state index in [0.717, 1.165) is 17.1 Å².